The molecule has 3 heterocycles. The van der Waals surface area contributed by atoms with E-state index >= 15 is 0 Å². The van der Waals surface area contributed by atoms with Gasteiger partial charge in [0.15, 0.2) is 0 Å². The van der Waals surface area contributed by atoms with Crippen molar-refractivity contribution in [3.8, 4) is 11.3 Å². The summed E-state index contributed by atoms with van der Waals surface area (Å²) in [6, 6.07) is 24.8. The molecule has 2 atom stereocenters. The summed E-state index contributed by atoms with van der Waals surface area (Å²) in [4.78, 5) is 23.0. The minimum absolute atomic E-state index is 0.102. The van der Waals surface area contributed by atoms with Gasteiger partial charge in [-0.2, -0.15) is 5.10 Å². The number of carbonyl (C=O) groups excluding carboxylic acids is 1. The van der Waals surface area contributed by atoms with Crippen molar-refractivity contribution in [2.75, 3.05) is 0 Å². The van der Waals surface area contributed by atoms with Crippen LogP contribution in [0.25, 0.3) is 22.2 Å². The lowest BCUT2D eigenvalue weighted by Crippen LogP contribution is -2.41. The van der Waals surface area contributed by atoms with Crippen molar-refractivity contribution in [2.24, 2.45) is 7.05 Å². The van der Waals surface area contributed by atoms with E-state index in [-0.39, 0.29) is 11.9 Å². The van der Waals surface area contributed by atoms with Gasteiger partial charge in [-0.3, -0.25) is 14.5 Å². The molecule has 1 fully saturated rings. The summed E-state index contributed by atoms with van der Waals surface area (Å²) in [5.41, 5.74) is 6.63. The summed E-state index contributed by atoms with van der Waals surface area (Å²) in [7, 11) is 1.90. The number of aryl methyl sites for hydroxylation is 1. The molecule has 0 unspecified atom stereocenters. The molecule has 1 N–H and O–H groups in total. The molecule has 190 valence electrons. The van der Waals surface area contributed by atoms with Crippen LogP contribution in [0.5, 0.6) is 0 Å². The van der Waals surface area contributed by atoms with E-state index in [1.165, 1.54) is 12.0 Å². The van der Waals surface area contributed by atoms with E-state index in [1.807, 2.05) is 62.0 Å². The van der Waals surface area contributed by atoms with Crippen molar-refractivity contribution in [1.29, 1.82) is 0 Å². The Morgan fingerprint density at radius 1 is 0.974 bits per heavy atom. The summed E-state index contributed by atoms with van der Waals surface area (Å²) in [5.74, 6) is 0.230. The number of pyridine rings is 2. The second-order valence-corrected chi connectivity index (χ2v) is 10.2. The molecule has 5 aromatic rings. The maximum absolute atomic E-state index is 13.5. The van der Waals surface area contributed by atoms with Crippen LogP contribution in [0, 0.1) is 0 Å². The number of nitrogens with one attached hydrogen (secondary N) is 1. The van der Waals surface area contributed by atoms with Gasteiger partial charge < -0.3 is 5.32 Å². The van der Waals surface area contributed by atoms with E-state index < -0.39 is 0 Å². The van der Waals surface area contributed by atoms with E-state index in [0.29, 0.717) is 18.0 Å². The van der Waals surface area contributed by atoms with Gasteiger partial charge in [0.25, 0.3) is 5.91 Å². The number of para-hydroxylation sites is 1. The zero-order chi connectivity index (χ0) is 25.9. The molecule has 0 spiro atoms. The molecule has 6 heteroatoms. The van der Waals surface area contributed by atoms with Gasteiger partial charge in [-0.1, -0.05) is 67.4 Å². The van der Waals surface area contributed by atoms with Gasteiger partial charge in [-0.05, 0) is 54.2 Å². The summed E-state index contributed by atoms with van der Waals surface area (Å²) in [6.07, 6.45) is 10.7. The lowest BCUT2D eigenvalue weighted by atomic mass is 9.80. The number of hydrogen-bond donors (Lipinski definition) is 1. The van der Waals surface area contributed by atoms with E-state index in [2.05, 4.69) is 51.8 Å². The molecule has 1 aliphatic carbocycles. The highest BCUT2D eigenvalue weighted by atomic mass is 16.1. The maximum Gasteiger partial charge on any atom is 0.270 e. The van der Waals surface area contributed by atoms with Gasteiger partial charge in [0, 0.05) is 42.4 Å². The molecule has 6 nitrogen and oxygen atoms in total. The van der Waals surface area contributed by atoms with Crippen LogP contribution in [0.4, 0.5) is 0 Å². The van der Waals surface area contributed by atoms with Gasteiger partial charge in [-0.15, -0.1) is 0 Å². The molecule has 1 saturated carbocycles. The van der Waals surface area contributed by atoms with Crippen LogP contribution in [0.3, 0.4) is 0 Å². The molecule has 1 amide bonds. The number of benzene rings is 2. The molecular weight excluding hydrogens is 470 g/mol. The van der Waals surface area contributed by atoms with Crippen LogP contribution in [-0.4, -0.2) is 31.7 Å². The average molecular weight is 502 g/mol. The Morgan fingerprint density at radius 3 is 2.58 bits per heavy atom. The summed E-state index contributed by atoms with van der Waals surface area (Å²) in [5, 5.41) is 8.64. The first kappa shape index (κ1) is 24.0. The topological polar surface area (TPSA) is 72.7 Å². The van der Waals surface area contributed by atoms with Crippen molar-refractivity contribution < 1.29 is 4.79 Å². The number of carbonyl (C=O) groups is 1. The average Bonchev–Trinajstić information content (AvgIpc) is 3.40. The fourth-order valence-electron chi connectivity index (χ4n) is 5.63. The van der Waals surface area contributed by atoms with Crippen LogP contribution < -0.4 is 5.32 Å². The molecule has 6 rings (SSSR count). The molecule has 0 aliphatic heterocycles. The van der Waals surface area contributed by atoms with Crippen molar-refractivity contribution in [1.82, 2.24) is 25.1 Å². The standard InChI is InChI=1S/C32H31N5O/c1-37-21-25(20-34-37)28-16-15-22(19-33-28)17-24-18-31(35-29-13-7-6-12-27(24)29)32(38)36-30-14-8-5-11-26(30)23-9-3-2-4-10-23/h2-4,6-7,9-10,12-13,15-16,18-21,26,30H,5,8,11,14,17H2,1H3,(H,36,38)/t26-,30+/m0/s1. The van der Waals surface area contributed by atoms with Crippen molar-refractivity contribution in [3.05, 3.63) is 114 Å². The normalized spacial score (nSPS) is 17.4. The Bertz CT molecular complexity index is 1560. The molecule has 0 bridgehead atoms. The van der Waals surface area contributed by atoms with E-state index in [9.17, 15) is 4.79 Å². The zero-order valence-corrected chi connectivity index (χ0v) is 21.5. The minimum Gasteiger partial charge on any atom is -0.347 e. The third kappa shape index (κ3) is 5.07. The quantitative estimate of drug-likeness (QED) is 0.306. The molecule has 0 radical (unpaired) electrons. The van der Waals surface area contributed by atoms with Crippen LogP contribution in [-0.2, 0) is 13.5 Å². The van der Waals surface area contributed by atoms with Crippen molar-refractivity contribution in [3.63, 3.8) is 0 Å². The third-order valence-electron chi connectivity index (χ3n) is 7.56. The number of amides is 1. The highest BCUT2D eigenvalue weighted by molar-refractivity contribution is 5.96. The summed E-state index contributed by atoms with van der Waals surface area (Å²) < 4.78 is 1.77. The first-order valence-corrected chi connectivity index (χ1v) is 13.3. The predicted molar refractivity (Wildman–Crippen MR) is 150 cm³/mol. The molecule has 3 aromatic heterocycles. The minimum atomic E-state index is -0.102. The Balaban J connectivity index is 1.26. The van der Waals surface area contributed by atoms with Gasteiger partial charge in [0.05, 0.1) is 17.4 Å². The van der Waals surface area contributed by atoms with Crippen molar-refractivity contribution in [2.45, 2.75) is 44.1 Å². The van der Waals surface area contributed by atoms with Gasteiger partial charge in [0.1, 0.15) is 5.69 Å². The number of hydrogen-bond acceptors (Lipinski definition) is 4. The van der Waals surface area contributed by atoms with E-state index in [0.717, 1.165) is 52.5 Å². The number of fused-ring (bicyclic) bond motifs is 1. The van der Waals surface area contributed by atoms with E-state index in [1.54, 1.807) is 4.68 Å². The van der Waals surface area contributed by atoms with Crippen LogP contribution in [0.2, 0.25) is 0 Å². The second-order valence-electron chi connectivity index (χ2n) is 10.2. The highest BCUT2D eigenvalue weighted by Gasteiger charge is 2.28. The number of rotatable bonds is 6. The SMILES string of the molecule is Cn1cc(-c2ccc(Cc3cc(C(=O)N[C@@H]4CCCC[C@H]4c4ccccc4)nc4ccccc34)cn2)cn1. The lowest BCUT2D eigenvalue weighted by molar-refractivity contribution is 0.0916. The highest BCUT2D eigenvalue weighted by Crippen LogP contribution is 2.33. The number of aromatic nitrogens is 4. The molecular formula is C32H31N5O. The molecule has 38 heavy (non-hydrogen) atoms. The number of nitrogens with zero attached hydrogens (tertiary/aromatic N) is 4. The second kappa shape index (κ2) is 10.6. The smallest absolute Gasteiger partial charge is 0.270 e. The lowest BCUT2D eigenvalue weighted by Gasteiger charge is -2.32. The molecule has 1 aliphatic rings. The Labute approximate surface area is 222 Å². The van der Waals surface area contributed by atoms with Gasteiger partial charge in [-0.25, -0.2) is 4.98 Å². The zero-order valence-electron chi connectivity index (χ0n) is 21.5. The molecule has 0 saturated heterocycles. The van der Waals surface area contributed by atoms with Gasteiger partial charge in [0.2, 0.25) is 0 Å². The van der Waals surface area contributed by atoms with Gasteiger partial charge >= 0.3 is 0 Å². The summed E-state index contributed by atoms with van der Waals surface area (Å²) in [6.45, 7) is 0. The largest absolute Gasteiger partial charge is 0.347 e. The Hall–Kier alpha value is -4.32. The van der Waals surface area contributed by atoms with Crippen LogP contribution >= 0.6 is 0 Å². The first-order valence-electron chi connectivity index (χ1n) is 13.3. The Kier molecular flexibility index (Phi) is 6.69. The fourth-order valence-corrected chi connectivity index (χ4v) is 5.63. The molecule has 2 aromatic carbocycles. The third-order valence-corrected chi connectivity index (χ3v) is 7.56. The van der Waals surface area contributed by atoms with Crippen LogP contribution in [0.15, 0.2) is 91.4 Å². The predicted octanol–water partition coefficient (Wildman–Crippen LogP) is 6.08. The fraction of sp³-hybridized carbons (Fsp3) is 0.250. The van der Waals surface area contributed by atoms with Crippen LogP contribution in [0.1, 0.15) is 58.8 Å². The Morgan fingerprint density at radius 2 is 1.79 bits per heavy atom. The monoisotopic (exact) mass is 501 g/mol. The summed E-state index contributed by atoms with van der Waals surface area (Å²) >= 11 is 0. The van der Waals surface area contributed by atoms with Crippen molar-refractivity contribution >= 4 is 16.8 Å². The first-order chi connectivity index (χ1) is 18.6. The van der Waals surface area contributed by atoms with E-state index in [4.69, 9.17) is 4.98 Å². The maximum atomic E-state index is 13.5.